The number of nitrogens with two attached hydrogens (primary N) is 1. The van der Waals surface area contributed by atoms with Crippen LogP contribution in [0.4, 0.5) is 0 Å². The van der Waals surface area contributed by atoms with Gasteiger partial charge in [-0.3, -0.25) is 0 Å². The van der Waals surface area contributed by atoms with Gasteiger partial charge >= 0.3 is 0 Å². The molecule has 0 radical (unpaired) electrons. The topological polar surface area (TPSA) is 25.8 Å². The first-order valence-corrected chi connectivity index (χ1v) is 10.3. The Morgan fingerprint density at radius 3 is 2.78 bits per heavy atom. The monoisotopic (exact) mass is 338 g/mol. The minimum Gasteiger partial charge on any atom is -0.376 e. The van der Waals surface area contributed by atoms with Crippen LogP contribution in [-0.4, -0.2) is 18.8 Å². The molecule has 1 aliphatic rings. The molecule has 0 spiro atoms. The molecule has 0 bridgehead atoms. The van der Waals surface area contributed by atoms with E-state index in [1.54, 1.807) is 0 Å². The molecule has 0 amide bonds. The maximum absolute atomic E-state index is 5.94. The first kappa shape index (κ1) is 19.0. The Hall–Kier alpha value is -0.380. The third-order valence-corrected chi connectivity index (χ3v) is 6.08. The zero-order valence-corrected chi connectivity index (χ0v) is 16.3. The van der Waals surface area contributed by atoms with E-state index in [0.717, 1.165) is 30.9 Å². The Kier molecular flexibility index (Phi) is 7.58. The summed E-state index contributed by atoms with van der Waals surface area (Å²) in [5.74, 6) is 2.55. The molecule has 1 fully saturated rings. The van der Waals surface area contributed by atoms with Gasteiger partial charge in [0.25, 0.3) is 0 Å². The van der Waals surface area contributed by atoms with Gasteiger partial charge in [-0.2, -0.15) is 0 Å². The molecule has 3 heteroatoms. The maximum Gasteiger partial charge on any atom is 0.111 e. The van der Waals surface area contributed by atoms with Crippen LogP contribution in [0, 0.1) is 17.8 Å². The first-order chi connectivity index (χ1) is 11.0. The van der Waals surface area contributed by atoms with Gasteiger partial charge in [-0.15, -0.1) is 11.3 Å². The van der Waals surface area contributed by atoms with Crippen molar-refractivity contribution in [1.29, 1.82) is 0 Å². The summed E-state index contributed by atoms with van der Waals surface area (Å²) in [7, 11) is 0. The molecule has 0 aromatic carbocycles. The molecule has 2 heterocycles. The molecule has 2 rings (SSSR count). The standard InChI is InChI=1S/C20H35NOS/c1-16(2)7-8-17(18-10-12-22-20(3,4)14-18)9-11-21-15-19-6-5-13-23-19/h5-6,13,16-18,21H,7-12,14-15H2,1-4H3/p+1/t17-,18-/m1/s1. The van der Waals surface area contributed by atoms with Gasteiger partial charge < -0.3 is 10.1 Å². The third-order valence-electron chi connectivity index (χ3n) is 5.18. The Morgan fingerprint density at radius 2 is 2.13 bits per heavy atom. The zero-order chi connectivity index (χ0) is 16.7. The zero-order valence-electron chi connectivity index (χ0n) is 15.5. The molecule has 1 aromatic heterocycles. The van der Waals surface area contributed by atoms with Gasteiger partial charge in [0.05, 0.1) is 17.0 Å². The minimum absolute atomic E-state index is 0.0830. The summed E-state index contributed by atoms with van der Waals surface area (Å²) in [6.07, 6.45) is 6.62. The van der Waals surface area contributed by atoms with E-state index in [-0.39, 0.29) is 5.60 Å². The fourth-order valence-corrected chi connectivity index (χ4v) is 4.55. The molecule has 1 saturated heterocycles. The van der Waals surface area contributed by atoms with Crippen LogP contribution in [0.1, 0.15) is 64.7 Å². The van der Waals surface area contributed by atoms with E-state index in [4.69, 9.17) is 4.74 Å². The fraction of sp³-hybridized carbons (Fsp3) is 0.800. The second kappa shape index (κ2) is 9.19. The van der Waals surface area contributed by atoms with E-state index < -0.39 is 0 Å². The van der Waals surface area contributed by atoms with Gasteiger partial charge in [0.15, 0.2) is 0 Å². The number of hydrogen-bond acceptors (Lipinski definition) is 2. The summed E-state index contributed by atoms with van der Waals surface area (Å²) in [5, 5.41) is 4.68. The molecule has 0 saturated carbocycles. The molecular weight excluding hydrogens is 302 g/mol. The largest absolute Gasteiger partial charge is 0.376 e. The number of quaternary nitrogens is 1. The number of ether oxygens (including phenoxy) is 1. The lowest BCUT2D eigenvalue weighted by atomic mass is 9.75. The molecule has 0 aliphatic carbocycles. The van der Waals surface area contributed by atoms with Crippen LogP contribution in [0.3, 0.4) is 0 Å². The SMILES string of the molecule is CC(C)CC[C@H](CC[NH2+]Cc1cccs1)[C@@H]1CCOC(C)(C)C1. The smallest absolute Gasteiger partial charge is 0.111 e. The highest BCUT2D eigenvalue weighted by Crippen LogP contribution is 2.37. The number of rotatable bonds is 9. The quantitative estimate of drug-likeness (QED) is 0.661. The molecule has 132 valence electrons. The van der Waals surface area contributed by atoms with E-state index in [9.17, 15) is 0 Å². The summed E-state index contributed by atoms with van der Waals surface area (Å²) >= 11 is 1.88. The van der Waals surface area contributed by atoms with Gasteiger partial charge in [-0.1, -0.05) is 26.3 Å². The molecule has 2 N–H and O–H groups in total. The van der Waals surface area contributed by atoms with Crippen LogP contribution in [0.15, 0.2) is 17.5 Å². The highest BCUT2D eigenvalue weighted by molar-refractivity contribution is 7.09. The predicted octanol–water partition coefficient (Wildman–Crippen LogP) is 4.46. The van der Waals surface area contributed by atoms with Crippen LogP contribution in [-0.2, 0) is 11.3 Å². The Balaban J connectivity index is 1.80. The van der Waals surface area contributed by atoms with Gasteiger partial charge in [-0.25, -0.2) is 0 Å². The molecule has 23 heavy (non-hydrogen) atoms. The van der Waals surface area contributed by atoms with Crippen LogP contribution in [0.25, 0.3) is 0 Å². The van der Waals surface area contributed by atoms with Crippen molar-refractivity contribution in [2.45, 2.75) is 71.9 Å². The van der Waals surface area contributed by atoms with Crippen molar-refractivity contribution in [3.05, 3.63) is 22.4 Å². The van der Waals surface area contributed by atoms with Gasteiger partial charge in [0.2, 0.25) is 0 Å². The molecular formula is C20H36NOS+. The van der Waals surface area contributed by atoms with Gasteiger partial charge in [0, 0.05) is 6.61 Å². The highest BCUT2D eigenvalue weighted by Gasteiger charge is 2.33. The Bertz CT molecular complexity index is 427. The lowest BCUT2D eigenvalue weighted by Crippen LogP contribution is -2.82. The average molecular weight is 339 g/mol. The lowest BCUT2D eigenvalue weighted by Gasteiger charge is -2.39. The molecule has 1 aromatic rings. The summed E-state index contributed by atoms with van der Waals surface area (Å²) in [4.78, 5) is 1.50. The van der Waals surface area contributed by atoms with Crippen molar-refractivity contribution in [2.24, 2.45) is 17.8 Å². The van der Waals surface area contributed by atoms with Crippen molar-refractivity contribution in [2.75, 3.05) is 13.2 Å². The normalized spacial score (nSPS) is 22.4. The second-order valence-corrected chi connectivity index (χ2v) is 9.27. The van der Waals surface area contributed by atoms with Crippen molar-refractivity contribution in [3.63, 3.8) is 0 Å². The van der Waals surface area contributed by atoms with E-state index in [0.29, 0.717) is 0 Å². The van der Waals surface area contributed by atoms with Crippen molar-refractivity contribution < 1.29 is 10.1 Å². The molecule has 2 atom stereocenters. The predicted molar refractivity (Wildman–Crippen MR) is 99.7 cm³/mol. The van der Waals surface area contributed by atoms with E-state index in [1.165, 1.54) is 43.5 Å². The summed E-state index contributed by atoms with van der Waals surface area (Å²) < 4.78 is 5.94. The van der Waals surface area contributed by atoms with E-state index in [1.807, 2.05) is 11.3 Å². The summed E-state index contributed by atoms with van der Waals surface area (Å²) in [6, 6.07) is 4.40. The Labute approximate surface area is 147 Å². The van der Waals surface area contributed by atoms with Crippen LogP contribution in [0.2, 0.25) is 0 Å². The highest BCUT2D eigenvalue weighted by atomic mass is 32.1. The maximum atomic E-state index is 5.94. The fourth-order valence-electron chi connectivity index (χ4n) is 3.85. The summed E-state index contributed by atoms with van der Waals surface area (Å²) in [5.41, 5.74) is 0.0830. The van der Waals surface area contributed by atoms with Crippen molar-refractivity contribution >= 4 is 11.3 Å². The number of hydrogen-bond donors (Lipinski definition) is 1. The van der Waals surface area contributed by atoms with Crippen LogP contribution in [0.5, 0.6) is 0 Å². The third kappa shape index (κ3) is 6.94. The van der Waals surface area contributed by atoms with Crippen molar-refractivity contribution in [3.8, 4) is 0 Å². The second-order valence-electron chi connectivity index (χ2n) is 8.24. The molecule has 0 unspecified atom stereocenters. The molecule has 2 nitrogen and oxygen atoms in total. The molecule has 1 aliphatic heterocycles. The minimum atomic E-state index is 0.0830. The number of thiophene rings is 1. The van der Waals surface area contributed by atoms with Gasteiger partial charge in [0.1, 0.15) is 6.54 Å². The van der Waals surface area contributed by atoms with Crippen LogP contribution >= 0.6 is 11.3 Å². The van der Waals surface area contributed by atoms with Gasteiger partial charge in [-0.05, 0) is 68.7 Å². The summed E-state index contributed by atoms with van der Waals surface area (Å²) in [6.45, 7) is 12.6. The lowest BCUT2D eigenvalue weighted by molar-refractivity contribution is -0.671. The van der Waals surface area contributed by atoms with E-state index >= 15 is 0 Å². The van der Waals surface area contributed by atoms with E-state index in [2.05, 4.69) is 50.5 Å². The first-order valence-electron chi connectivity index (χ1n) is 9.44. The van der Waals surface area contributed by atoms with Crippen LogP contribution < -0.4 is 5.32 Å². The average Bonchev–Trinajstić information content (AvgIpc) is 2.98. The van der Waals surface area contributed by atoms with Crippen molar-refractivity contribution in [1.82, 2.24) is 0 Å². The Morgan fingerprint density at radius 1 is 1.30 bits per heavy atom.